The smallest absolute Gasteiger partial charge is 0.221 e. The van der Waals surface area contributed by atoms with Gasteiger partial charge >= 0.3 is 0 Å². The third-order valence-electron chi connectivity index (χ3n) is 3.88. The Morgan fingerprint density at radius 1 is 1.52 bits per heavy atom. The summed E-state index contributed by atoms with van der Waals surface area (Å²) in [6, 6.07) is 5.86. The largest absolute Gasteiger partial charge is 0.497 e. The van der Waals surface area contributed by atoms with Crippen LogP contribution < -0.4 is 14.8 Å². The lowest BCUT2D eigenvalue weighted by Gasteiger charge is -2.25. The fourth-order valence-corrected chi connectivity index (χ4v) is 2.58. The second-order valence-corrected chi connectivity index (χ2v) is 5.57. The van der Waals surface area contributed by atoms with Crippen LogP contribution in [-0.4, -0.2) is 40.9 Å². The van der Waals surface area contributed by atoms with Crippen LogP contribution in [-0.2, 0) is 17.8 Å². The molecule has 3 rings (SSSR count). The summed E-state index contributed by atoms with van der Waals surface area (Å²) >= 11 is 0. The molecule has 2 aromatic rings. The molecule has 7 nitrogen and oxygen atoms in total. The first kappa shape index (κ1) is 15.3. The summed E-state index contributed by atoms with van der Waals surface area (Å²) in [5.41, 5.74) is 1.15. The van der Waals surface area contributed by atoms with E-state index in [0.29, 0.717) is 26.1 Å². The molecule has 23 heavy (non-hydrogen) atoms. The summed E-state index contributed by atoms with van der Waals surface area (Å²) in [5.74, 6) is 1.97. The van der Waals surface area contributed by atoms with Gasteiger partial charge in [-0.05, 0) is 18.1 Å². The number of nitrogens with zero attached hydrogens (tertiary/aromatic N) is 3. The van der Waals surface area contributed by atoms with Gasteiger partial charge in [0.1, 0.15) is 24.2 Å². The van der Waals surface area contributed by atoms with Crippen molar-refractivity contribution in [3.05, 3.63) is 36.4 Å². The Balaban J connectivity index is 1.45. The number of nitrogens with one attached hydrogen (secondary N) is 1. The lowest BCUT2D eigenvalue weighted by molar-refractivity contribution is -0.121. The van der Waals surface area contributed by atoms with Gasteiger partial charge in [-0.25, -0.2) is 4.98 Å². The van der Waals surface area contributed by atoms with E-state index < -0.39 is 0 Å². The van der Waals surface area contributed by atoms with E-state index >= 15 is 0 Å². The number of aromatic nitrogens is 3. The predicted octanol–water partition coefficient (Wildman–Crippen LogP) is 1.04. The molecule has 1 aliphatic rings. The fourth-order valence-electron chi connectivity index (χ4n) is 2.58. The molecule has 0 saturated carbocycles. The maximum atomic E-state index is 11.9. The number of methoxy groups -OCH3 is 1. The van der Waals surface area contributed by atoms with E-state index in [2.05, 4.69) is 15.4 Å². The number of benzene rings is 1. The molecule has 1 aliphatic heterocycles. The Hall–Kier alpha value is -2.57. The average molecular weight is 316 g/mol. The fraction of sp³-hybridized carbons (Fsp3) is 0.438. The van der Waals surface area contributed by atoms with E-state index in [-0.39, 0.29) is 11.8 Å². The molecule has 0 aliphatic carbocycles. The Bertz CT molecular complexity index is 657. The molecule has 0 saturated heterocycles. The van der Waals surface area contributed by atoms with Gasteiger partial charge in [0, 0.05) is 24.9 Å². The predicted molar refractivity (Wildman–Crippen MR) is 83.3 cm³/mol. The van der Waals surface area contributed by atoms with Crippen molar-refractivity contribution in [3.8, 4) is 11.5 Å². The number of amides is 1. The van der Waals surface area contributed by atoms with Crippen molar-refractivity contribution < 1.29 is 14.3 Å². The van der Waals surface area contributed by atoms with Gasteiger partial charge < -0.3 is 14.8 Å². The first-order chi connectivity index (χ1) is 11.2. The molecule has 0 spiro atoms. The number of aryl methyl sites for hydroxylation is 1. The number of hydrogen-bond donors (Lipinski definition) is 1. The molecule has 0 fully saturated rings. The van der Waals surface area contributed by atoms with Gasteiger partial charge in [0.2, 0.25) is 5.91 Å². The molecule has 1 N–H and O–H groups in total. The zero-order valence-electron chi connectivity index (χ0n) is 13.1. The first-order valence-corrected chi connectivity index (χ1v) is 7.63. The number of hydrogen-bond acceptors (Lipinski definition) is 5. The van der Waals surface area contributed by atoms with Crippen LogP contribution in [0.5, 0.6) is 11.5 Å². The highest BCUT2D eigenvalue weighted by molar-refractivity contribution is 5.75. The van der Waals surface area contributed by atoms with Crippen LogP contribution in [0.25, 0.3) is 0 Å². The summed E-state index contributed by atoms with van der Waals surface area (Å²) in [6.45, 7) is 1.75. The van der Waals surface area contributed by atoms with Crippen LogP contribution in [0.2, 0.25) is 0 Å². The van der Waals surface area contributed by atoms with Crippen molar-refractivity contribution in [2.24, 2.45) is 5.92 Å². The zero-order valence-corrected chi connectivity index (χ0v) is 13.1. The summed E-state index contributed by atoms with van der Waals surface area (Å²) in [6.07, 6.45) is 4.35. The second kappa shape index (κ2) is 7.13. The van der Waals surface area contributed by atoms with E-state index in [1.807, 2.05) is 18.2 Å². The lowest BCUT2D eigenvalue weighted by atomic mass is 9.96. The molecule has 1 aromatic carbocycles. The quantitative estimate of drug-likeness (QED) is 0.861. The summed E-state index contributed by atoms with van der Waals surface area (Å²) in [5, 5.41) is 6.94. The Labute approximate surface area is 134 Å². The third-order valence-corrected chi connectivity index (χ3v) is 3.88. The number of carbonyl (C=O) groups excluding carboxylic acids is 1. The van der Waals surface area contributed by atoms with E-state index in [0.717, 1.165) is 23.5 Å². The van der Waals surface area contributed by atoms with Gasteiger partial charge in [-0.3, -0.25) is 9.48 Å². The second-order valence-electron chi connectivity index (χ2n) is 5.57. The van der Waals surface area contributed by atoms with E-state index in [1.54, 1.807) is 18.1 Å². The van der Waals surface area contributed by atoms with Crippen LogP contribution in [0, 0.1) is 5.92 Å². The van der Waals surface area contributed by atoms with Crippen LogP contribution >= 0.6 is 0 Å². The standard InChI is InChI=1S/C16H20N4O3/c1-22-14-3-2-13-6-12(9-23-15(13)7-14)8-18-16(21)4-5-20-11-17-10-19-20/h2-3,7,10-12H,4-6,8-9H2,1H3,(H,18,21)/t12-/m1/s1. The number of carbonyl (C=O) groups is 1. The molecule has 0 bridgehead atoms. The minimum atomic E-state index is 0.0148. The highest BCUT2D eigenvalue weighted by atomic mass is 16.5. The van der Waals surface area contributed by atoms with Crippen LogP contribution in [0.3, 0.4) is 0 Å². The summed E-state index contributed by atoms with van der Waals surface area (Å²) in [4.78, 5) is 15.7. The van der Waals surface area contributed by atoms with E-state index in [9.17, 15) is 4.79 Å². The van der Waals surface area contributed by atoms with Crippen molar-refractivity contribution in [3.63, 3.8) is 0 Å². The van der Waals surface area contributed by atoms with Crippen molar-refractivity contribution >= 4 is 5.91 Å². The summed E-state index contributed by atoms with van der Waals surface area (Å²) < 4.78 is 12.6. The molecule has 1 aromatic heterocycles. The number of rotatable bonds is 6. The zero-order chi connectivity index (χ0) is 16.1. The Kier molecular flexibility index (Phi) is 4.75. The van der Waals surface area contributed by atoms with Gasteiger partial charge in [-0.1, -0.05) is 6.07 Å². The highest BCUT2D eigenvalue weighted by Gasteiger charge is 2.20. The molecule has 1 amide bonds. The Morgan fingerprint density at radius 3 is 3.22 bits per heavy atom. The normalized spacial score (nSPS) is 16.3. The van der Waals surface area contributed by atoms with Gasteiger partial charge in [0.05, 0.1) is 20.3 Å². The van der Waals surface area contributed by atoms with Gasteiger partial charge in [-0.15, -0.1) is 0 Å². The van der Waals surface area contributed by atoms with Crippen LogP contribution in [0.4, 0.5) is 0 Å². The third kappa shape index (κ3) is 4.00. The average Bonchev–Trinajstić information content (AvgIpc) is 3.11. The molecular formula is C16H20N4O3. The molecule has 0 unspecified atom stereocenters. The van der Waals surface area contributed by atoms with Gasteiger partial charge in [0.25, 0.3) is 0 Å². The maximum absolute atomic E-state index is 11.9. The van der Waals surface area contributed by atoms with Crippen LogP contribution in [0.1, 0.15) is 12.0 Å². The highest BCUT2D eigenvalue weighted by Crippen LogP contribution is 2.30. The van der Waals surface area contributed by atoms with Crippen molar-refractivity contribution in [1.29, 1.82) is 0 Å². The van der Waals surface area contributed by atoms with Crippen LogP contribution in [0.15, 0.2) is 30.9 Å². The molecule has 2 heterocycles. The minimum absolute atomic E-state index is 0.0148. The van der Waals surface area contributed by atoms with Crippen molar-refractivity contribution in [1.82, 2.24) is 20.1 Å². The monoisotopic (exact) mass is 316 g/mol. The van der Waals surface area contributed by atoms with E-state index in [1.165, 1.54) is 6.33 Å². The van der Waals surface area contributed by atoms with E-state index in [4.69, 9.17) is 9.47 Å². The van der Waals surface area contributed by atoms with Gasteiger partial charge in [-0.2, -0.15) is 5.10 Å². The first-order valence-electron chi connectivity index (χ1n) is 7.63. The molecule has 122 valence electrons. The molecule has 7 heteroatoms. The Morgan fingerprint density at radius 2 is 2.43 bits per heavy atom. The minimum Gasteiger partial charge on any atom is -0.497 e. The van der Waals surface area contributed by atoms with Gasteiger partial charge in [0.15, 0.2) is 0 Å². The molecule has 1 atom stereocenters. The lowest BCUT2D eigenvalue weighted by Crippen LogP contribution is -2.35. The SMILES string of the molecule is COc1ccc2c(c1)OC[C@@H](CNC(=O)CCn1cncn1)C2. The molecular weight excluding hydrogens is 296 g/mol. The van der Waals surface area contributed by atoms with Crippen molar-refractivity contribution in [2.45, 2.75) is 19.4 Å². The summed E-state index contributed by atoms with van der Waals surface area (Å²) in [7, 11) is 1.64. The number of ether oxygens (including phenoxy) is 2. The topological polar surface area (TPSA) is 78.3 Å². The number of fused-ring (bicyclic) bond motifs is 1. The maximum Gasteiger partial charge on any atom is 0.221 e. The van der Waals surface area contributed by atoms with Crippen molar-refractivity contribution in [2.75, 3.05) is 20.3 Å². The molecule has 0 radical (unpaired) electrons.